The number of ether oxygens (including phenoxy) is 1. The summed E-state index contributed by atoms with van der Waals surface area (Å²) in [5, 5.41) is 0. The molecule has 2 aliphatic rings. The van der Waals surface area contributed by atoms with Crippen LogP contribution in [0.4, 0.5) is 0 Å². The van der Waals surface area contributed by atoms with Crippen LogP contribution in [0, 0.1) is 5.92 Å². The molecule has 1 saturated heterocycles. The second-order valence-electron chi connectivity index (χ2n) is 5.66. The molecule has 3 nitrogen and oxygen atoms in total. The molecule has 0 aromatic carbocycles. The van der Waals surface area contributed by atoms with Gasteiger partial charge in [-0.05, 0) is 58.5 Å². The normalized spacial score (nSPS) is 25.3. The first-order chi connectivity index (χ1) is 8.16. The molecule has 2 fully saturated rings. The summed E-state index contributed by atoms with van der Waals surface area (Å²) in [7, 11) is 0. The van der Waals surface area contributed by atoms with Gasteiger partial charge >= 0.3 is 5.97 Å². The lowest BCUT2D eigenvalue weighted by Crippen LogP contribution is -2.51. The first-order valence-corrected chi connectivity index (χ1v) is 7.07. The quantitative estimate of drug-likeness (QED) is 0.691. The molecule has 0 spiro atoms. The second-order valence-corrected chi connectivity index (χ2v) is 5.66. The van der Waals surface area contributed by atoms with Crippen molar-refractivity contribution in [1.29, 1.82) is 0 Å². The highest BCUT2D eigenvalue weighted by molar-refractivity contribution is 5.71. The van der Waals surface area contributed by atoms with Crippen LogP contribution in [-0.2, 0) is 9.53 Å². The number of esters is 1. The summed E-state index contributed by atoms with van der Waals surface area (Å²) in [6.07, 6.45) is 7.05. The Kier molecular flexibility index (Phi) is 4.08. The molecule has 1 aliphatic heterocycles. The third-order valence-electron chi connectivity index (χ3n) is 4.34. The molecule has 0 N–H and O–H groups in total. The fourth-order valence-electron chi connectivity index (χ4n) is 3.13. The van der Waals surface area contributed by atoms with E-state index >= 15 is 0 Å². The summed E-state index contributed by atoms with van der Waals surface area (Å²) in [6, 6.07) is 0. The summed E-state index contributed by atoms with van der Waals surface area (Å²) < 4.78 is 5.14. The van der Waals surface area contributed by atoms with Gasteiger partial charge in [-0.1, -0.05) is 6.42 Å². The second kappa shape index (κ2) is 5.38. The van der Waals surface area contributed by atoms with Crippen molar-refractivity contribution in [3.05, 3.63) is 0 Å². The lowest BCUT2D eigenvalue weighted by Gasteiger charge is -2.43. The van der Waals surface area contributed by atoms with E-state index in [9.17, 15) is 4.79 Å². The van der Waals surface area contributed by atoms with Gasteiger partial charge in [-0.25, -0.2) is 0 Å². The van der Waals surface area contributed by atoms with Gasteiger partial charge in [0.1, 0.15) is 0 Å². The molecule has 17 heavy (non-hydrogen) atoms. The van der Waals surface area contributed by atoms with E-state index in [1.807, 2.05) is 6.92 Å². The molecule has 98 valence electrons. The number of hydrogen-bond acceptors (Lipinski definition) is 3. The molecule has 0 radical (unpaired) electrons. The van der Waals surface area contributed by atoms with E-state index in [1.54, 1.807) is 0 Å². The molecule has 0 aromatic heterocycles. The van der Waals surface area contributed by atoms with Crippen LogP contribution in [0.3, 0.4) is 0 Å². The fraction of sp³-hybridized carbons (Fsp3) is 0.929. The zero-order chi connectivity index (χ0) is 12.3. The zero-order valence-corrected chi connectivity index (χ0v) is 11.2. The summed E-state index contributed by atoms with van der Waals surface area (Å²) in [5.41, 5.74) is 0.0622. The maximum absolute atomic E-state index is 11.8. The van der Waals surface area contributed by atoms with Gasteiger partial charge in [-0.2, -0.15) is 0 Å². The van der Waals surface area contributed by atoms with E-state index in [0.717, 1.165) is 13.1 Å². The molecule has 1 aliphatic carbocycles. The van der Waals surface area contributed by atoms with Gasteiger partial charge in [0, 0.05) is 5.54 Å². The van der Waals surface area contributed by atoms with Crippen molar-refractivity contribution < 1.29 is 9.53 Å². The molecule has 1 unspecified atom stereocenters. The van der Waals surface area contributed by atoms with Crippen LogP contribution < -0.4 is 0 Å². The van der Waals surface area contributed by atoms with Gasteiger partial charge in [0.25, 0.3) is 0 Å². The van der Waals surface area contributed by atoms with Crippen LogP contribution in [0.25, 0.3) is 0 Å². The van der Waals surface area contributed by atoms with Gasteiger partial charge < -0.3 is 4.74 Å². The Morgan fingerprint density at radius 1 is 1.29 bits per heavy atom. The third-order valence-corrected chi connectivity index (χ3v) is 4.34. The first-order valence-electron chi connectivity index (χ1n) is 7.07. The average Bonchev–Trinajstić information content (AvgIpc) is 3.14. The monoisotopic (exact) mass is 239 g/mol. The summed E-state index contributed by atoms with van der Waals surface area (Å²) >= 11 is 0. The molecule has 0 bridgehead atoms. The van der Waals surface area contributed by atoms with Crippen LogP contribution in [0.5, 0.6) is 0 Å². The van der Waals surface area contributed by atoms with E-state index in [4.69, 9.17) is 4.74 Å². The number of rotatable bonds is 5. The van der Waals surface area contributed by atoms with Crippen molar-refractivity contribution in [3.63, 3.8) is 0 Å². The fourth-order valence-corrected chi connectivity index (χ4v) is 3.13. The standard InChI is InChI=1S/C14H25NO2/c1-3-17-13(16)11-14(2,12-7-8-12)15-9-5-4-6-10-15/h12H,3-11H2,1-2H3. The predicted molar refractivity (Wildman–Crippen MR) is 67.8 cm³/mol. The maximum Gasteiger partial charge on any atom is 0.307 e. The highest BCUT2D eigenvalue weighted by Gasteiger charge is 2.47. The Balaban J connectivity index is 2.00. The summed E-state index contributed by atoms with van der Waals surface area (Å²) in [4.78, 5) is 14.3. The molecule has 1 saturated carbocycles. The van der Waals surface area contributed by atoms with E-state index < -0.39 is 0 Å². The summed E-state index contributed by atoms with van der Waals surface area (Å²) in [6.45, 7) is 6.97. The first kappa shape index (κ1) is 12.9. The van der Waals surface area contributed by atoms with Gasteiger partial charge in [-0.3, -0.25) is 9.69 Å². The topological polar surface area (TPSA) is 29.5 Å². The Morgan fingerprint density at radius 2 is 1.94 bits per heavy atom. The van der Waals surface area contributed by atoms with Crippen LogP contribution in [0.15, 0.2) is 0 Å². The smallest absolute Gasteiger partial charge is 0.307 e. The molecular formula is C14H25NO2. The maximum atomic E-state index is 11.8. The molecule has 0 amide bonds. The van der Waals surface area contributed by atoms with E-state index in [1.165, 1.54) is 32.1 Å². The lowest BCUT2D eigenvalue weighted by atomic mass is 9.87. The molecule has 1 atom stereocenters. The number of nitrogens with zero attached hydrogens (tertiary/aromatic N) is 1. The van der Waals surface area contributed by atoms with Crippen LogP contribution in [0.1, 0.15) is 52.4 Å². The van der Waals surface area contributed by atoms with Gasteiger partial charge in [-0.15, -0.1) is 0 Å². The van der Waals surface area contributed by atoms with Crippen molar-refractivity contribution >= 4 is 5.97 Å². The molecule has 1 heterocycles. The highest BCUT2D eigenvalue weighted by atomic mass is 16.5. The van der Waals surface area contributed by atoms with Gasteiger partial charge in [0.2, 0.25) is 0 Å². The molecule has 2 rings (SSSR count). The van der Waals surface area contributed by atoms with Crippen molar-refractivity contribution in [3.8, 4) is 0 Å². The van der Waals surface area contributed by atoms with Crippen molar-refractivity contribution in [2.75, 3.05) is 19.7 Å². The minimum Gasteiger partial charge on any atom is -0.466 e. The van der Waals surface area contributed by atoms with Crippen molar-refractivity contribution in [1.82, 2.24) is 4.90 Å². The minimum atomic E-state index is -0.0209. The Hall–Kier alpha value is -0.570. The van der Waals surface area contributed by atoms with Crippen LogP contribution >= 0.6 is 0 Å². The number of piperidine rings is 1. The van der Waals surface area contributed by atoms with Crippen LogP contribution in [0.2, 0.25) is 0 Å². The lowest BCUT2D eigenvalue weighted by molar-refractivity contribution is -0.147. The SMILES string of the molecule is CCOC(=O)CC(C)(C1CC1)N1CCCCC1. The molecule has 3 heteroatoms. The van der Waals surface area contributed by atoms with E-state index in [-0.39, 0.29) is 11.5 Å². The zero-order valence-electron chi connectivity index (χ0n) is 11.2. The number of hydrogen-bond donors (Lipinski definition) is 0. The van der Waals surface area contributed by atoms with Crippen molar-refractivity contribution in [2.45, 2.75) is 57.9 Å². The largest absolute Gasteiger partial charge is 0.466 e. The Labute approximate surface area is 105 Å². The summed E-state index contributed by atoms with van der Waals surface area (Å²) in [5.74, 6) is 0.692. The number of likely N-dealkylation sites (tertiary alicyclic amines) is 1. The Bertz CT molecular complexity index is 269. The minimum absolute atomic E-state index is 0.0209. The Morgan fingerprint density at radius 3 is 2.47 bits per heavy atom. The van der Waals surface area contributed by atoms with Crippen molar-refractivity contribution in [2.24, 2.45) is 5.92 Å². The van der Waals surface area contributed by atoms with E-state index in [2.05, 4.69) is 11.8 Å². The van der Waals surface area contributed by atoms with E-state index in [0.29, 0.717) is 18.9 Å². The predicted octanol–water partition coefficient (Wildman–Crippen LogP) is 2.59. The van der Waals surface area contributed by atoms with Crippen LogP contribution in [-0.4, -0.2) is 36.1 Å². The van der Waals surface area contributed by atoms with Gasteiger partial charge in [0.15, 0.2) is 0 Å². The third kappa shape index (κ3) is 3.01. The average molecular weight is 239 g/mol. The molecular weight excluding hydrogens is 214 g/mol. The number of carbonyl (C=O) groups is 1. The molecule has 0 aromatic rings. The number of carbonyl (C=O) groups excluding carboxylic acids is 1. The van der Waals surface area contributed by atoms with Gasteiger partial charge in [0.05, 0.1) is 13.0 Å². The highest BCUT2D eigenvalue weighted by Crippen LogP contribution is 2.45.